The first-order valence-electron chi connectivity index (χ1n) is 19.3. The normalized spacial score (nSPS) is 42.6. The highest BCUT2D eigenvalue weighted by atomic mass is 16.5. The van der Waals surface area contributed by atoms with Crippen molar-refractivity contribution in [3.63, 3.8) is 0 Å². The van der Waals surface area contributed by atoms with Crippen molar-refractivity contribution in [3.05, 3.63) is 41.5 Å². The van der Waals surface area contributed by atoms with Crippen LogP contribution in [0.25, 0.3) is 5.57 Å². The van der Waals surface area contributed by atoms with Crippen LogP contribution in [0.1, 0.15) is 148 Å². The van der Waals surface area contributed by atoms with Crippen LogP contribution < -0.4 is 0 Å². The van der Waals surface area contributed by atoms with E-state index < -0.39 is 0 Å². The minimum atomic E-state index is -0.278. The third-order valence-corrected chi connectivity index (χ3v) is 16.7. The second-order valence-electron chi connectivity index (χ2n) is 18.8. The van der Waals surface area contributed by atoms with Crippen molar-refractivity contribution < 1.29 is 19.1 Å². The first-order valence-corrected chi connectivity index (χ1v) is 19.3. The Balaban J connectivity index is 1.21. The van der Waals surface area contributed by atoms with Gasteiger partial charge in [0.25, 0.3) is 0 Å². The van der Waals surface area contributed by atoms with Gasteiger partial charge in [-0.15, -0.1) is 0 Å². The summed E-state index contributed by atoms with van der Waals surface area (Å²) in [5, 5.41) is 0. The number of benzene rings is 1. The zero-order valence-electron chi connectivity index (χ0n) is 30.8. The molecule has 6 aliphatic carbocycles. The molecule has 1 aromatic carbocycles. The lowest BCUT2D eigenvalue weighted by Crippen LogP contribution is -2.66. The monoisotopic (exact) mass is 642 g/mol. The predicted octanol–water partition coefficient (Wildman–Crippen LogP) is 10.7. The molecule has 7 rings (SSSR count). The van der Waals surface area contributed by atoms with Gasteiger partial charge in [-0.1, -0.05) is 73.1 Å². The molecule has 0 bridgehead atoms. The third-order valence-electron chi connectivity index (χ3n) is 16.7. The average Bonchev–Trinajstić information content (AvgIpc) is 3.65. The highest BCUT2D eigenvalue weighted by Gasteiger charge is 2.73. The third kappa shape index (κ3) is 4.64. The fourth-order valence-electron chi connectivity index (χ4n) is 13.7. The smallest absolute Gasteiger partial charge is 0.337 e. The summed E-state index contributed by atoms with van der Waals surface area (Å²) in [5.41, 5.74) is 4.25. The Morgan fingerprint density at radius 2 is 1.51 bits per heavy atom. The standard InChI is InChI=1S/C43H62O4/c1-9-10-27-47-37(45)43-22-18-31(39(4)23-24-39)35(43)32-15-16-34-40(5)20-17-30(28-11-13-29(14-12-28)36(44)46-8)38(2,3)33(40)19-21-42(34,7)41(32,6)25-26-43/h11-14,17,31-35H,9-10,15-16,18-27H2,1-8H3/t31-,32-,33+,34-,35-,40+,41-,42-,43+/m1/s1. The topological polar surface area (TPSA) is 52.6 Å². The molecule has 4 nitrogen and oxygen atoms in total. The molecule has 6 aliphatic rings. The van der Waals surface area contributed by atoms with Crippen molar-refractivity contribution in [2.75, 3.05) is 13.7 Å². The van der Waals surface area contributed by atoms with Crippen molar-refractivity contribution in [1.29, 1.82) is 0 Å². The summed E-state index contributed by atoms with van der Waals surface area (Å²) in [4.78, 5) is 26.3. The van der Waals surface area contributed by atoms with Gasteiger partial charge < -0.3 is 9.47 Å². The van der Waals surface area contributed by atoms with Gasteiger partial charge in [-0.05, 0) is 157 Å². The molecule has 47 heavy (non-hydrogen) atoms. The number of unbranched alkanes of at least 4 members (excludes halogenated alkanes) is 1. The quantitative estimate of drug-likeness (QED) is 0.219. The number of rotatable bonds is 7. The van der Waals surface area contributed by atoms with Crippen molar-refractivity contribution in [1.82, 2.24) is 0 Å². The van der Waals surface area contributed by atoms with Gasteiger partial charge in [0, 0.05) is 0 Å². The first kappa shape index (κ1) is 33.4. The zero-order valence-corrected chi connectivity index (χ0v) is 30.8. The van der Waals surface area contributed by atoms with Crippen molar-refractivity contribution in [2.45, 2.75) is 132 Å². The summed E-state index contributed by atoms with van der Waals surface area (Å²) in [6.07, 6.45) is 18.0. The molecule has 0 unspecified atom stereocenters. The van der Waals surface area contributed by atoms with E-state index in [1.165, 1.54) is 69.6 Å². The molecule has 0 heterocycles. The van der Waals surface area contributed by atoms with Gasteiger partial charge in [-0.3, -0.25) is 4.79 Å². The Bertz CT molecular complexity index is 1430. The fourth-order valence-corrected chi connectivity index (χ4v) is 13.7. The minimum absolute atomic E-state index is 0.0416. The highest BCUT2D eigenvalue weighted by molar-refractivity contribution is 5.90. The molecular weight excluding hydrogens is 580 g/mol. The van der Waals surface area contributed by atoms with Gasteiger partial charge in [0.1, 0.15) is 0 Å². The Morgan fingerprint density at radius 3 is 2.17 bits per heavy atom. The molecule has 0 amide bonds. The van der Waals surface area contributed by atoms with Crippen LogP contribution in [-0.4, -0.2) is 25.7 Å². The molecule has 0 aliphatic heterocycles. The summed E-state index contributed by atoms with van der Waals surface area (Å²) < 4.78 is 11.1. The van der Waals surface area contributed by atoms with Crippen LogP contribution in [0.4, 0.5) is 0 Å². The molecule has 5 fully saturated rings. The molecule has 5 saturated carbocycles. The molecular formula is C43H62O4. The van der Waals surface area contributed by atoms with Crippen molar-refractivity contribution in [3.8, 4) is 0 Å². The molecule has 0 spiro atoms. The average molecular weight is 643 g/mol. The Kier molecular flexibility index (Phi) is 7.97. The highest BCUT2D eigenvalue weighted by Crippen LogP contribution is 2.79. The van der Waals surface area contributed by atoms with Gasteiger partial charge in [0.05, 0.1) is 24.7 Å². The lowest BCUT2D eigenvalue weighted by molar-refractivity contribution is -0.231. The number of carbonyl (C=O) groups excluding carboxylic acids is 2. The SMILES string of the molecule is CCCCOC(=O)[C@]12CC[C@@H](C3(C)CC3)[C@@H]1[C@H]1CC[C@@H]3[C@@]4(C)CC=C(c5ccc(C(=O)OC)cc5)C(C)(C)[C@@H]4CC[C@@]3(C)[C@]1(C)CC2. The van der Waals surface area contributed by atoms with E-state index >= 15 is 0 Å². The van der Waals surface area contributed by atoms with Crippen LogP contribution >= 0.6 is 0 Å². The second-order valence-corrected chi connectivity index (χ2v) is 18.8. The maximum absolute atomic E-state index is 14.2. The molecule has 0 saturated heterocycles. The van der Waals surface area contributed by atoms with Crippen LogP contribution in [0.5, 0.6) is 0 Å². The largest absolute Gasteiger partial charge is 0.465 e. The fraction of sp³-hybridized carbons (Fsp3) is 0.767. The molecule has 0 aromatic heterocycles. The van der Waals surface area contributed by atoms with E-state index in [4.69, 9.17) is 9.47 Å². The van der Waals surface area contributed by atoms with E-state index in [0.29, 0.717) is 47.2 Å². The molecule has 1 aromatic rings. The summed E-state index contributed by atoms with van der Waals surface area (Å²) in [7, 11) is 1.44. The number of hydrogen-bond acceptors (Lipinski definition) is 4. The summed E-state index contributed by atoms with van der Waals surface area (Å²) in [6.45, 7) is 18.4. The minimum Gasteiger partial charge on any atom is -0.465 e. The molecule has 0 radical (unpaired) electrons. The van der Waals surface area contributed by atoms with Crippen LogP contribution in [0, 0.1) is 62.1 Å². The van der Waals surface area contributed by atoms with E-state index in [1.807, 2.05) is 12.1 Å². The Labute approximate surface area is 285 Å². The van der Waals surface area contributed by atoms with E-state index in [2.05, 4.69) is 66.7 Å². The molecule has 258 valence electrons. The number of methoxy groups -OCH3 is 1. The van der Waals surface area contributed by atoms with E-state index in [-0.39, 0.29) is 39.0 Å². The maximum Gasteiger partial charge on any atom is 0.337 e. The predicted molar refractivity (Wildman–Crippen MR) is 189 cm³/mol. The van der Waals surface area contributed by atoms with Crippen molar-refractivity contribution >= 4 is 17.5 Å². The van der Waals surface area contributed by atoms with E-state index in [9.17, 15) is 9.59 Å². The van der Waals surface area contributed by atoms with Gasteiger partial charge >= 0.3 is 11.9 Å². The van der Waals surface area contributed by atoms with Gasteiger partial charge in [-0.25, -0.2) is 4.79 Å². The van der Waals surface area contributed by atoms with Gasteiger partial charge in [0.15, 0.2) is 0 Å². The number of esters is 2. The second kappa shape index (κ2) is 11.2. The molecule has 0 N–H and O–H groups in total. The Hall–Kier alpha value is -2.10. The lowest BCUT2D eigenvalue weighted by atomic mass is 9.32. The van der Waals surface area contributed by atoms with Gasteiger partial charge in [0.2, 0.25) is 0 Å². The summed E-state index contributed by atoms with van der Waals surface area (Å²) >= 11 is 0. The van der Waals surface area contributed by atoms with Gasteiger partial charge in [-0.2, -0.15) is 0 Å². The summed E-state index contributed by atoms with van der Waals surface area (Å²) in [5.74, 6) is 2.93. The molecule has 4 heteroatoms. The Morgan fingerprint density at radius 1 is 0.787 bits per heavy atom. The molecule has 9 atom stereocenters. The van der Waals surface area contributed by atoms with E-state index in [0.717, 1.165) is 32.1 Å². The van der Waals surface area contributed by atoms with Crippen LogP contribution in [-0.2, 0) is 14.3 Å². The zero-order chi connectivity index (χ0) is 33.6. The van der Waals surface area contributed by atoms with Crippen LogP contribution in [0.3, 0.4) is 0 Å². The lowest BCUT2D eigenvalue weighted by Gasteiger charge is -2.72. The van der Waals surface area contributed by atoms with Crippen LogP contribution in [0.2, 0.25) is 0 Å². The number of carbonyl (C=O) groups is 2. The maximum atomic E-state index is 14.2. The summed E-state index contributed by atoms with van der Waals surface area (Å²) in [6, 6.07) is 8.10. The number of fused-ring (bicyclic) bond motifs is 7. The number of hydrogen-bond donors (Lipinski definition) is 0. The van der Waals surface area contributed by atoms with E-state index in [1.54, 1.807) is 0 Å². The first-order chi connectivity index (χ1) is 22.2. The van der Waals surface area contributed by atoms with Crippen LogP contribution in [0.15, 0.2) is 30.3 Å². The van der Waals surface area contributed by atoms with Crippen molar-refractivity contribution in [2.24, 2.45) is 62.1 Å². The number of ether oxygens (including phenoxy) is 2. The number of allylic oxidation sites excluding steroid dienone is 2.